The van der Waals surface area contributed by atoms with E-state index in [0.29, 0.717) is 5.92 Å². The number of amides is 1. The minimum absolute atomic E-state index is 0.124. The summed E-state index contributed by atoms with van der Waals surface area (Å²) >= 11 is 1.64. The van der Waals surface area contributed by atoms with Crippen LogP contribution in [0.15, 0.2) is 54.7 Å². The number of para-hydroxylation sites is 1. The fourth-order valence-corrected chi connectivity index (χ4v) is 6.15. The van der Waals surface area contributed by atoms with Gasteiger partial charge in [-0.15, -0.1) is 11.3 Å². The number of nitrogens with zero attached hydrogens (tertiary/aromatic N) is 3. The van der Waals surface area contributed by atoms with Gasteiger partial charge in [-0.25, -0.2) is 0 Å². The number of thiophene rings is 1. The van der Waals surface area contributed by atoms with Gasteiger partial charge in [0.15, 0.2) is 0 Å². The Hall–Kier alpha value is -2.63. The monoisotopic (exact) mass is 417 g/mol. The zero-order valence-electron chi connectivity index (χ0n) is 17.8. The average molecular weight is 418 g/mol. The molecule has 30 heavy (non-hydrogen) atoms. The zero-order valence-corrected chi connectivity index (χ0v) is 18.6. The maximum atomic E-state index is 12.9. The van der Waals surface area contributed by atoms with Crippen molar-refractivity contribution < 1.29 is 4.79 Å². The molecule has 0 saturated carbocycles. The van der Waals surface area contributed by atoms with E-state index in [9.17, 15) is 4.79 Å². The van der Waals surface area contributed by atoms with Gasteiger partial charge in [0.1, 0.15) is 0 Å². The minimum atomic E-state index is 0.124. The molecular weight excluding hydrogens is 390 g/mol. The Kier molecular flexibility index (Phi) is 4.88. The molecule has 4 nitrogen and oxygen atoms in total. The summed E-state index contributed by atoms with van der Waals surface area (Å²) in [4.78, 5) is 18.1. The highest BCUT2D eigenvalue weighted by atomic mass is 32.1. The van der Waals surface area contributed by atoms with Crippen LogP contribution in [-0.2, 0) is 13.6 Å². The Morgan fingerprint density at radius 1 is 1.10 bits per heavy atom. The molecule has 0 bridgehead atoms. The highest BCUT2D eigenvalue weighted by molar-refractivity contribution is 7.21. The molecule has 0 spiro atoms. The van der Waals surface area contributed by atoms with E-state index in [1.807, 2.05) is 14.1 Å². The van der Waals surface area contributed by atoms with Crippen molar-refractivity contribution in [3.63, 3.8) is 0 Å². The van der Waals surface area contributed by atoms with Gasteiger partial charge in [0.05, 0.1) is 4.88 Å². The number of fused-ring (bicyclic) bond motifs is 2. The first kappa shape index (κ1) is 19.3. The Morgan fingerprint density at radius 3 is 2.63 bits per heavy atom. The molecule has 3 heterocycles. The second-order valence-corrected chi connectivity index (χ2v) is 9.60. The number of benzene rings is 2. The second kappa shape index (κ2) is 7.56. The molecule has 5 heteroatoms. The molecule has 2 aromatic heterocycles. The molecule has 1 fully saturated rings. The molecule has 0 radical (unpaired) electrons. The summed E-state index contributed by atoms with van der Waals surface area (Å²) in [5.74, 6) is 0.522. The highest BCUT2D eigenvalue weighted by Gasteiger charge is 2.31. The van der Waals surface area contributed by atoms with Gasteiger partial charge in [0.25, 0.3) is 5.91 Å². The lowest BCUT2D eigenvalue weighted by molar-refractivity contribution is 0.0831. The fraction of sp³-hybridized carbons (Fsp3) is 0.320. The van der Waals surface area contributed by atoms with Crippen LogP contribution in [-0.4, -0.2) is 47.5 Å². The molecule has 1 aliphatic rings. The van der Waals surface area contributed by atoms with Crippen molar-refractivity contribution in [2.75, 3.05) is 27.2 Å². The first-order chi connectivity index (χ1) is 14.5. The summed E-state index contributed by atoms with van der Waals surface area (Å²) in [6, 6.07) is 17.1. The average Bonchev–Trinajstić information content (AvgIpc) is 3.44. The number of hydrogen-bond acceptors (Lipinski definition) is 3. The van der Waals surface area contributed by atoms with E-state index in [1.165, 1.54) is 32.1 Å². The van der Waals surface area contributed by atoms with E-state index in [-0.39, 0.29) is 5.91 Å². The van der Waals surface area contributed by atoms with Gasteiger partial charge < -0.3 is 9.47 Å². The number of aryl methyl sites for hydroxylation is 1. The standard InChI is InChI=1S/C25H27N3OS/c1-26(2)25(29)24-23(20-9-5-7-11-22(20)30-24)17-12-13-28(15-17)16-18-14-27(3)21-10-6-4-8-19(18)21/h4-11,14,17H,12-13,15-16H2,1-3H3/t17-/m0/s1. The van der Waals surface area contributed by atoms with Crippen LogP contribution in [0.3, 0.4) is 0 Å². The third-order valence-electron chi connectivity index (χ3n) is 6.29. The quantitative estimate of drug-likeness (QED) is 0.463. The summed E-state index contributed by atoms with van der Waals surface area (Å²) in [6.07, 6.45) is 3.36. The van der Waals surface area contributed by atoms with Crippen LogP contribution in [0.25, 0.3) is 21.0 Å². The van der Waals surface area contributed by atoms with Gasteiger partial charge >= 0.3 is 0 Å². The van der Waals surface area contributed by atoms with Crippen LogP contribution in [0.2, 0.25) is 0 Å². The number of rotatable bonds is 4. The Balaban J connectivity index is 1.45. The summed E-state index contributed by atoms with van der Waals surface area (Å²) in [7, 11) is 5.81. The van der Waals surface area contributed by atoms with Crippen LogP contribution in [0.5, 0.6) is 0 Å². The van der Waals surface area contributed by atoms with E-state index in [2.05, 4.69) is 71.2 Å². The molecule has 0 aliphatic carbocycles. The third kappa shape index (κ3) is 3.22. The maximum absolute atomic E-state index is 12.9. The number of hydrogen-bond donors (Lipinski definition) is 0. The van der Waals surface area contributed by atoms with E-state index in [4.69, 9.17) is 0 Å². The summed E-state index contributed by atoms with van der Waals surface area (Å²) in [5.41, 5.74) is 3.93. The minimum Gasteiger partial charge on any atom is -0.350 e. The van der Waals surface area contributed by atoms with E-state index in [0.717, 1.165) is 30.9 Å². The number of likely N-dealkylation sites (tertiary alicyclic amines) is 1. The van der Waals surface area contributed by atoms with Crippen LogP contribution < -0.4 is 0 Å². The van der Waals surface area contributed by atoms with Gasteiger partial charge in [-0.1, -0.05) is 36.4 Å². The predicted molar refractivity (Wildman–Crippen MR) is 125 cm³/mol. The van der Waals surface area contributed by atoms with Gasteiger partial charge in [-0.2, -0.15) is 0 Å². The number of carbonyl (C=O) groups excluding carboxylic acids is 1. The number of carbonyl (C=O) groups is 1. The predicted octanol–water partition coefficient (Wildman–Crippen LogP) is 5.08. The fourth-order valence-electron chi connectivity index (χ4n) is 4.84. The second-order valence-electron chi connectivity index (χ2n) is 8.54. The topological polar surface area (TPSA) is 28.5 Å². The summed E-state index contributed by atoms with van der Waals surface area (Å²) < 4.78 is 3.43. The third-order valence-corrected chi connectivity index (χ3v) is 7.46. The first-order valence-corrected chi connectivity index (χ1v) is 11.3. The Bertz CT molecular complexity index is 1240. The van der Waals surface area contributed by atoms with E-state index < -0.39 is 0 Å². The molecule has 2 aromatic carbocycles. The van der Waals surface area contributed by atoms with Crippen molar-refractivity contribution in [3.05, 3.63) is 70.7 Å². The van der Waals surface area contributed by atoms with Crippen molar-refractivity contribution in [3.8, 4) is 0 Å². The largest absolute Gasteiger partial charge is 0.350 e. The van der Waals surface area contributed by atoms with Crippen LogP contribution in [0.4, 0.5) is 0 Å². The van der Waals surface area contributed by atoms with Gasteiger partial charge in [-0.05, 0) is 41.6 Å². The zero-order chi connectivity index (χ0) is 20.8. The Morgan fingerprint density at radius 2 is 1.83 bits per heavy atom. The van der Waals surface area contributed by atoms with Crippen molar-refractivity contribution in [1.29, 1.82) is 0 Å². The summed E-state index contributed by atoms with van der Waals surface area (Å²) in [6.45, 7) is 3.02. The number of aromatic nitrogens is 1. The van der Waals surface area contributed by atoms with Crippen LogP contribution in [0, 0.1) is 0 Å². The summed E-state index contributed by atoms with van der Waals surface area (Å²) in [5, 5.41) is 2.60. The van der Waals surface area contributed by atoms with Gasteiger partial charge in [0.2, 0.25) is 0 Å². The van der Waals surface area contributed by atoms with E-state index >= 15 is 0 Å². The molecule has 154 valence electrons. The van der Waals surface area contributed by atoms with E-state index in [1.54, 1.807) is 16.2 Å². The normalized spacial score (nSPS) is 17.2. The van der Waals surface area contributed by atoms with Crippen molar-refractivity contribution >= 4 is 38.2 Å². The SMILES string of the molecule is CN(C)C(=O)c1sc2ccccc2c1[C@H]1CCN(Cc2cn(C)c3ccccc23)C1. The van der Waals surface area contributed by atoms with Crippen molar-refractivity contribution in [1.82, 2.24) is 14.4 Å². The van der Waals surface area contributed by atoms with Crippen LogP contribution in [0.1, 0.15) is 33.1 Å². The van der Waals surface area contributed by atoms with Gasteiger partial charge in [0, 0.05) is 62.0 Å². The molecular formula is C25H27N3OS. The maximum Gasteiger partial charge on any atom is 0.263 e. The highest BCUT2D eigenvalue weighted by Crippen LogP contribution is 2.41. The van der Waals surface area contributed by atoms with Crippen molar-refractivity contribution in [2.45, 2.75) is 18.9 Å². The molecule has 4 aromatic rings. The molecule has 5 rings (SSSR count). The Labute approximate surface area is 181 Å². The van der Waals surface area contributed by atoms with Crippen molar-refractivity contribution in [2.24, 2.45) is 7.05 Å². The lowest BCUT2D eigenvalue weighted by Crippen LogP contribution is -2.23. The molecule has 1 atom stereocenters. The molecule has 1 saturated heterocycles. The van der Waals surface area contributed by atoms with Gasteiger partial charge in [-0.3, -0.25) is 9.69 Å². The van der Waals surface area contributed by atoms with Crippen LogP contribution >= 0.6 is 11.3 Å². The molecule has 1 amide bonds. The molecule has 0 N–H and O–H groups in total. The lowest BCUT2D eigenvalue weighted by Gasteiger charge is -2.17. The molecule has 0 unspecified atom stereocenters. The lowest BCUT2D eigenvalue weighted by atomic mass is 9.95. The smallest absolute Gasteiger partial charge is 0.263 e. The first-order valence-electron chi connectivity index (χ1n) is 10.5. The molecule has 1 aliphatic heterocycles.